The topological polar surface area (TPSA) is 76.7 Å². The van der Waals surface area contributed by atoms with Crippen molar-refractivity contribution in [2.75, 3.05) is 6.79 Å². The van der Waals surface area contributed by atoms with Crippen LogP contribution >= 0.6 is 0 Å². The number of hydrogen-bond donors (Lipinski definition) is 2. The van der Waals surface area contributed by atoms with Crippen molar-refractivity contribution < 1.29 is 19.1 Å². The van der Waals surface area contributed by atoms with Crippen molar-refractivity contribution in [2.45, 2.75) is 32.9 Å². The summed E-state index contributed by atoms with van der Waals surface area (Å²) in [5.74, 6) is 0.946. The molecule has 1 heterocycles. The molecule has 0 aromatic heterocycles. The largest absolute Gasteiger partial charge is 0.454 e. The predicted molar refractivity (Wildman–Crippen MR) is 79.3 cm³/mol. The van der Waals surface area contributed by atoms with Gasteiger partial charge in [-0.25, -0.2) is 0 Å². The van der Waals surface area contributed by atoms with Crippen LogP contribution in [0.5, 0.6) is 11.5 Å². The Hall–Kier alpha value is -2.24. The molecule has 0 spiro atoms. The second-order valence-electron chi connectivity index (χ2n) is 6.02. The molecule has 0 saturated heterocycles. The molecule has 1 saturated carbocycles. The van der Waals surface area contributed by atoms with Crippen LogP contribution in [0, 0.1) is 11.8 Å². The number of ether oxygens (including phenoxy) is 2. The molecule has 2 N–H and O–H groups in total. The standard InChI is InChI=1S/C16H20N2O4/c1-9(2)18-16(20)12-6-11(12)15(19)17-7-10-3-4-13-14(5-10)22-8-21-13/h3-5,9,11-12H,6-8H2,1-2H3,(H,17,19)(H,18,20). The normalized spacial score (nSPS) is 21.6. The first-order chi connectivity index (χ1) is 10.5. The number of benzene rings is 1. The van der Waals surface area contributed by atoms with Crippen LogP contribution in [0.4, 0.5) is 0 Å². The van der Waals surface area contributed by atoms with E-state index >= 15 is 0 Å². The third-order valence-corrected chi connectivity index (χ3v) is 3.80. The highest BCUT2D eigenvalue weighted by Gasteiger charge is 2.47. The highest BCUT2D eigenvalue weighted by Crippen LogP contribution is 2.39. The summed E-state index contributed by atoms with van der Waals surface area (Å²) in [6.45, 7) is 4.48. The molecule has 3 rings (SSSR count). The lowest BCUT2D eigenvalue weighted by Gasteiger charge is -2.08. The van der Waals surface area contributed by atoms with E-state index in [2.05, 4.69) is 10.6 Å². The Balaban J connectivity index is 1.48. The van der Waals surface area contributed by atoms with Crippen molar-refractivity contribution >= 4 is 11.8 Å². The number of rotatable bonds is 5. The van der Waals surface area contributed by atoms with Gasteiger partial charge < -0.3 is 20.1 Å². The minimum Gasteiger partial charge on any atom is -0.454 e. The number of amides is 2. The number of hydrogen-bond acceptors (Lipinski definition) is 4. The Bertz CT molecular complexity index is 600. The number of nitrogens with one attached hydrogen (secondary N) is 2. The lowest BCUT2D eigenvalue weighted by atomic mass is 10.2. The van der Waals surface area contributed by atoms with Gasteiger partial charge in [0, 0.05) is 12.6 Å². The van der Waals surface area contributed by atoms with E-state index in [0.29, 0.717) is 18.7 Å². The molecular formula is C16H20N2O4. The molecule has 1 aromatic rings. The molecular weight excluding hydrogens is 284 g/mol. The van der Waals surface area contributed by atoms with Crippen LogP contribution in [-0.4, -0.2) is 24.6 Å². The van der Waals surface area contributed by atoms with Crippen molar-refractivity contribution in [3.05, 3.63) is 23.8 Å². The van der Waals surface area contributed by atoms with Crippen molar-refractivity contribution in [1.29, 1.82) is 0 Å². The maximum atomic E-state index is 12.1. The van der Waals surface area contributed by atoms with Gasteiger partial charge in [0.1, 0.15) is 0 Å². The highest BCUT2D eigenvalue weighted by atomic mass is 16.7. The van der Waals surface area contributed by atoms with Crippen LogP contribution < -0.4 is 20.1 Å². The van der Waals surface area contributed by atoms with Gasteiger partial charge >= 0.3 is 0 Å². The van der Waals surface area contributed by atoms with Crippen molar-refractivity contribution in [1.82, 2.24) is 10.6 Å². The van der Waals surface area contributed by atoms with Crippen LogP contribution in [0.2, 0.25) is 0 Å². The van der Waals surface area contributed by atoms with E-state index in [1.807, 2.05) is 32.0 Å². The summed E-state index contributed by atoms with van der Waals surface area (Å²) in [5, 5.41) is 5.72. The monoisotopic (exact) mass is 304 g/mol. The van der Waals surface area contributed by atoms with E-state index in [1.165, 1.54) is 0 Å². The van der Waals surface area contributed by atoms with Crippen LogP contribution in [-0.2, 0) is 16.1 Å². The Kier molecular flexibility index (Phi) is 3.92. The Morgan fingerprint density at radius 2 is 1.91 bits per heavy atom. The lowest BCUT2D eigenvalue weighted by molar-refractivity contribution is -0.127. The first-order valence-electron chi connectivity index (χ1n) is 7.51. The summed E-state index contributed by atoms with van der Waals surface area (Å²) in [5.41, 5.74) is 0.946. The minimum atomic E-state index is -0.201. The van der Waals surface area contributed by atoms with E-state index in [-0.39, 0.29) is 36.5 Å². The van der Waals surface area contributed by atoms with Crippen molar-refractivity contribution in [2.24, 2.45) is 11.8 Å². The molecule has 2 aliphatic rings. The maximum absolute atomic E-state index is 12.1. The zero-order valence-electron chi connectivity index (χ0n) is 12.7. The molecule has 22 heavy (non-hydrogen) atoms. The van der Waals surface area contributed by atoms with E-state index in [9.17, 15) is 9.59 Å². The molecule has 6 nitrogen and oxygen atoms in total. The first kappa shape index (κ1) is 14.7. The zero-order chi connectivity index (χ0) is 15.7. The molecule has 118 valence electrons. The highest BCUT2D eigenvalue weighted by molar-refractivity contribution is 5.92. The third kappa shape index (κ3) is 3.16. The van der Waals surface area contributed by atoms with Crippen molar-refractivity contribution in [3.63, 3.8) is 0 Å². The number of carbonyl (C=O) groups is 2. The van der Waals surface area contributed by atoms with Gasteiger partial charge in [0.2, 0.25) is 18.6 Å². The molecule has 0 bridgehead atoms. The maximum Gasteiger partial charge on any atom is 0.231 e. The Morgan fingerprint density at radius 3 is 2.68 bits per heavy atom. The third-order valence-electron chi connectivity index (χ3n) is 3.80. The van der Waals surface area contributed by atoms with Gasteiger partial charge in [-0.1, -0.05) is 6.07 Å². The molecule has 2 atom stereocenters. The van der Waals surface area contributed by atoms with Crippen LogP contribution in [0.25, 0.3) is 0 Å². The summed E-state index contributed by atoms with van der Waals surface area (Å²) < 4.78 is 10.5. The summed E-state index contributed by atoms with van der Waals surface area (Å²) in [7, 11) is 0. The molecule has 0 radical (unpaired) electrons. The van der Waals surface area contributed by atoms with Gasteiger partial charge in [0.15, 0.2) is 11.5 Å². The molecule has 1 fully saturated rings. The van der Waals surface area contributed by atoms with Gasteiger partial charge in [-0.2, -0.15) is 0 Å². The molecule has 1 aromatic carbocycles. The Morgan fingerprint density at radius 1 is 1.18 bits per heavy atom. The van der Waals surface area contributed by atoms with Gasteiger partial charge in [-0.05, 0) is 38.0 Å². The Labute approximate surface area is 129 Å². The second kappa shape index (κ2) is 5.87. The molecule has 1 aliphatic heterocycles. The minimum absolute atomic E-state index is 0.0294. The number of carbonyl (C=O) groups excluding carboxylic acids is 2. The fraction of sp³-hybridized carbons (Fsp3) is 0.500. The summed E-state index contributed by atoms with van der Waals surface area (Å²) >= 11 is 0. The van der Waals surface area contributed by atoms with Crippen LogP contribution in [0.1, 0.15) is 25.8 Å². The van der Waals surface area contributed by atoms with E-state index in [4.69, 9.17) is 9.47 Å². The second-order valence-corrected chi connectivity index (χ2v) is 6.02. The predicted octanol–water partition coefficient (Wildman–Crippen LogP) is 1.19. The SMILES string of the molecule is CC(C)NC(=O)C1CC1C(=O)NCc1ccc2c(c1)OCO2. The van der Waals surface area contributed by atoms with E-state index in [0.717, 1.165) is 11.3 Å². The van der Waals surface area contributed by atoms with Gasteiger partial charge in [-0.3, -0.25) is 9.59 Å². The van der Waals surface area contributed by atoms with E-state index in [1.54, 1.807) is 0 Å². The van der Waals surface area contributed by atoms with Gasteiger partial charge in [0.05, 0.1) is 11.8 Å². The van der Waals surface area contributed by atoms with Crippen LogP contribution in [0.15, 0.2) is 18.2 Å². The fourth-order valence-electron chi connectivity index (χ4n) is 2.54. The zero-order valence-corrected chi connectivity index (χ0v) is 12.7. The average molecular weight is 304 g/mol. The average Bonchev–Trinajstić information content (AvgIpc) is 3.15. The first-order valence-corrected chi connectivity index (χ1v) is 7.51. The fourth-order valence-corrected chi connectivity index (χ4v) is 2.54. The molecule has 2 unspecified atom stereocenters. The van der Waals surface area contributed by atoms with Gasteiger partial charge in [-0.15, -0.1) is 0 Å². The quantitative estimate of drug-likeness (QED) is 0.857. The van der Waals surface area contributed by atoms with Crippen molar-refractivity contribution in [3.8, 4) is 11.5 Å². The summed E-state index contributed by atoms with van der Waals surface area (Å²) in [4.78, 5) is 23.9. The molecule has 2 amide bonds. The lowest BCUT2D eigenvalue weighted by Crippen LogP contribution is -2.33. The smallest absolute Gasteiger partial charge is 0.231 e. The summed E-state index contributed by atoms with van der Waals surface area (Å²) in [6, 6.07) is 5.69. The van der Waals surface area contributed by atoms with E-state index < -0.39 is 0 Å². The molecule has 1 aliphatic carbocycles. The summed E-state index contributed by atoms with van der Waals surface area (Å²) in [6.07, 6.45) is 0.630. The number of fused-ring (bicyclic) bond motifs is 1. The molecule has 6 heteroatoms. The van der Waals surface area contributed by atoms with Gasteiger partial charge in [0.25, 0.3) is 0 Å². The van der Waals surface area contributed by atoms with Crippen LogP contribution in [0.3, 0.4) is 0 Å².